The summed E-state index contributed by atoms with van der Waals surface area (Å²) in [6, 6.07) is 9.99. The Bertz CT molecular complexity index is 858. The number of nitriles is 1. The summed E-state index contributed by atoms with van der Waals surface area (Å²) in [4.78, 5) is 35.2. The van der Waals surface area contributed by atoms with Crippen LogP contribution in [0.15, 0.2) is 35.7 Å². The molecule has 0 aliphatic heterocycles. The van der Waals surface area contributed by atoms with Crippen molar-refractivity contribution in [3.63, 3.8) is 0 Å². The zero-order valence-electron chi connectivity index (χ0n) is 14.2. The summed E-state index contributed by atoms with van der Waals surface area (Å²) in [5.41, 5.74) is 0.833. The van der Waals surface area contributed by atoms with Crippen LogP contribution in [0, 0.1) is 11.3 Å². The summed E-state index contributed by atoms with van der Waals surface area (Å²) in [6.45, 7) is -0.137. The number of nitrogens with zero attached hydrogens (tertiary/aromatic N) is 1. The highest BCUT2D eigenvalue weighted by atomic mass is 35.5. The largest absolute Gasteiger partial charge is 0.456 e. The normalized spacial score (nSPS) is 9.93. The molecule has 2 aromatic rings. The third kappa shape index (κ3) is 6.73. The Morgan fingerprint density at radius 3 is 2.63 bits per heavy atom. The van der Waals surface area contributed by atoms with Crippen LogP contribution in [0.4, 0.5) is 5.00 Å². The van der Waals surface area contributed by atoms with Crippen molar-refractivity contribution < 1.29 is 19.1 Å². The summed E-state index contributed by atoms with van der Waals surface area (Å²) in [7, 11) is 0. The first-order valence-electron chi connectivity index (χ1n) is 7.96. The van der Waals surface area contributed by atoms with Gasteiger partial charge >= 0.3 is 5.97 Å². The van der Waals surface area contributed by atoms with Gasteiger partial charge in [-0.05, 0) is 42.1 Å². The molecule has 0 bridgehead atoms. The molecule has 2 amide bonds. The standard InChI is InChI=1S/C18H16ClN3O4S/c19-14-5-3-12(4-6-14)17(25)21-8-1-2-16(24)26-11-15(23)22-18-13(10-20)7-9-27-18/h3-7,9H,1-2,8,11H2,(H,21,25)(H,22,23). The summed E-state index contributed by atoms with van der Waals surface area (Å²) in [5.74, 6) is -1.32. The van der Waals surface area contributed by atoms with Crippen LogP contribution >= 0.6 is 22.9 Å². The molecule has 27 heavy (non-hydrogen) atoms. The quantitative estimate of drug-likeness (QED) is 0.518. The van der Waals surface area contributed by atoms with E-state index in [2.05, 4.69) is 10.6 Å². The zero-order chi connectivity index (χ0) is 19.6. The minimum absolute atomic E-state index is 0.0661. The first-order valence-corrected chi connectivity index (χ1v) is 9.22. The van der Waals surface area contributed by atoms with Gasteiger partial charge in [-0.15, -0.1) is 11.3 Å². The molecule has 0 saturated heterocycles. The number of carbonyl (C=O) groups excluding carboxylic acids is 3. The van der Waals surface area contributed by atoms with Gasteiger partial charge in [0.25, 0.3) is 11.8 Å². The first kappa shape index (κ1) is 20.4. The maximum absolute atomic E-state index is 11.9. The SMILES string of the molecule is N#Cc1ccsc1NC(=O)COC(=O)CCCNC(=O)c1ccc(Cl)cc1. The lowest BCUT2D eigenvalue weighted by atomic mass is 10.2. The highest BCUT2D eigenvalue weighted by Crippen LogP contribution is 2.21. The van der Waals surface area contributed by atoms with E-state index in [0.717, 1.165) is 0 Å². The number of hydrogen-bond acceptors (Lipinski definition) is 6. The van der Waals surface area contributed by atoms with Crippen LogP contribution in [-0.4, -0.2) is 30.9 Å². The van der Waals surface area contributed by atoms with E-state index in [1.165, 1.54) is 11.3 Å². The number of amides is 2. The summed E-state index contributed by atoms with van der Waals surface area (Å²) in [5, 5.41) is 16.7. The van der Waals surface area contributed by atoms with Gasteiger partial charge in [0.2, 0.25) is 0 Å². The van der Waals surface area contributed by atoms with Crippen LogP contribution in [0.2, 0.25) is 5.02 Å². The highest BCUT2D eigenvalue weighted by molar-refractivity contribution is 7.14. The van der Waals surface area contributed by atoms with Crippen LogP contribution in [-0.2, 0) is 14.3 Å². The van der Waals surface area contributed by atoms with Crippen molar-refractivity contribution >= 4 is 45.7 Å². The van der Waals surface area contributed by atoms with Crippen molar-refractivity contribution in [1.29, 1.82) is 5.26 Å². The lowest BCUT2D eigenvalue weighted by Crippen LogP contribution is -2.25. The molecule has 0 unspecified atom stereocenters. The molecule has 0 fully saturated rings. The van der Waals surface area contributed by atoms with E-state index >= 15 is 0 Å². The van der Waals surface area contributed by atoms with E-state index in [1.54, 1.807) is 35.7 Å². The second kappa shape index (κ2) is 10.3. The number of rotatable bonds is 8. The number of carbonyl (C=O) groups is 3. The molecule has 2 rings (SSSR count). The molecule has 1 aromatic carbocycles. The van der Waals surface area contributed by atoms with Gasteiger partial charge in [-0.2, -0.15) is 5.26 Å². The van der Waals surface area contributed by atoms with Gasteiger partial charge in [0, 0.05) is 23.6 Å². The zero-order valence-corrected chi connectivity index (χ0v) is 15.7. The predicted molar refractivity (Wildman–Crippen MR) is 102 cm³/mol. The lowest BCUT2D eigenvalue weighted by Gasteiger charge is -2.07. The Morgan fingerprint density at radius 2 is 1.93 bits per heavy atom. The Labute approximate surface area is 164 Å². The van der Waals surface area contributed by atoms with Gasteiger partial charge in [-0.25, -0.2) is 0 Å². The van der Waals surface area contributed by atoms with E-state index < -0.39 is 18.5 Å². The fourth-order valence-electron chi connectivity index (χ4n) is 2.01. The molecule has 0 radical (unpaired) electrons. The number of benzene rings is 1. The van der Waals surface area contributed by atoms with E-state index in [0.29, 0.717) is 34.1 Å². The van der Waals surface area contributed by atoms with Gasteiger partial charge in [0.1, 0.15) is 11.1 Å². The van der Waals surface area contributed by atoms with Gasteiger partial charge < -0.3 is 15.4 Å². The third-order valence-corrected chi connectivity index (χ3v) is 4.43. The predicted octanol–water partition coefficient (Wildman–Crippen LogP) is 2.97. The average Bonchev–Trinajstić information content (AvgIpc) is 3.11. The number of nitrogens with one attached hydrogen (secondary N) is 2. The molecule has 1 heterocycles. The fraction of sp³-hybridized carbons (Fsp3) is 0.222. The number of halogens is 1. The smallest absolute Gasteiger partial charge is 0.306 e. The fourth-order valence-corrected chi connectivity index (χ4v) is 2.89. The molecule has 1 aromatic heterocycles. The van der Waals surface area contributed by atoms with Gasteiger partial charge in [0.15, 0.2) is 6.61 Å². The van der Waals surface area contributed by atoms with E-state index in [-0.39, 0.29) is 12.3 Å². The summed E-state index contributed by atoms with van der Waals surface area (Å²) < 4.78 is 4.87. The first-order chi connectivity index (χ1) is 13.0. The van der Waals surface area contributed by atoms with Crippen LogP contribution in [0.5, 0.6) is 0 Å². The molecule has 0 atom stereocenters. The van der Waals surface area contributed by atoms with Crippen molar-refractivity contribution in [2.45, 2.75) is 12.8 Å². The maximum Gasteiger partial charge on any atom is 0.306 e. The topological polar surface area (TPSA) is 108 Å². The highest BCUT2D eigenvalue weighted by Gasteiger charge is 2.11. The van der Waals surface area contributed by atoms with Crippen LogP contribution in [0.25, 0.3) is 0 Å². The lowest BCUT2D eigenvalue weighted by molar-refractivity contribution is -0.147. The maximum atomic E-state index is 11.9. The minimum atomic E-state index is -0.544. The van der Waals surface area contributed by atoms with Crippen molar-refractivity contribution in [2.24, 2.45) is 0 Å². The molecule has 7 nitrogen and oxygen atoms in total. The molecule has 0 aliphatic rings. The van der Waals surface area contributed by atoms with E-state index in [4.69, 9.17) is 21.6 Å². The van der Waals surface area contributed by atoms with Crippen LogP contribution in [0.3, 0.4) is 0 Å². The number of ether oxygens (including phenoxy) is 1. The molecule has 9 heteroatoms. The Morgan fingerprint density at radius 1 is 1.19 bits per heavy atom. The molecular weight excluding hydrogens is 390 g/mol. The van der Waals surface area contributed by atoms with Gasteiger partial charge in [0.05, 0.1) is 5.56 Å². The molecule has 0 spiro atoms. The third-order valence-electron chi connectivity index (χ3n) is 3.35. The molecule has 140 valence electrons. The second-order valence-corrected chi connectivity index (χ2v) is 6.70. The van der Waals surface area contributed by atoms with E-state index in [9.17, 15) is 14.4 Å². The van der Waals surface area contributed by atoms with Crippen LogP contribution < -0.4 is 10.6 Å². The molecule has 0 saturated carbocycles. The van der Waals surface area contributed by atoms with E-state index in [1.807, 2.05) is 6.07 Å². The number of anilines is 1. The second-order valence-electron chi connectivity index (χ2n) is 5.35. The van der Waals surface area contributed by atoms with Gasteiger partial charge in [-0.3, -0.25) is 14.4 Å². The Hall–Kier alpha value is -2.89. The minimum Gasteiger partial charge on any atom is -0.456 e. The Kier molecular flexibility index (Phi) is 7.79. The van der Waals surface area contributed by atoms with Gasteiger partial charge in [-0.1, -0.05) is 11.6 Å². The van der Waals surface area contributed by atoms with Crippen molar-refractivity contribution in [3.05, 3.63) is 51.9 Å². The molecule has 2 N–H and O–H groups in total. The Balaban J connectivity index is 1.62. The number of esters is 1. The van der Waals surface area contributed by atoms with Crippen LogP contribution in [0.1, 0.15) is 28.8 Å². The number of thiophene rings is 1. The van der Waals surface area contributed by atoms with Crippen molar-refractivity contribution in [2.75, 3.05) is 18.5 Å². The molecular formula is C18H16ClN3O4S. The van der Waals surface area contributed by atoms with Crippen molar-refractivity contribution in [3.8, 4) is 6.07 Å². The summed E-state index contributed by atoms with van der Waals surface area (Å²) >= 11 is 6.97. The molecule has 0 aliphatic carbocycles. The van der Waals surface area contributed by atoms with Crippen molar-refractivity contribution in [1.82, 2.24) is 5.32 Å². The monoisotopic (exact) mass is 405 g/mol. The number of hydrogen-bond donors (Lipinski definition) is 2. The average molecular weight is 406 g/mol. The summed E-state index contributed by atoms with van der Waals surface area (Å²) in [6.07, 6.45) is 0.444.